The van der Waals surface area contributed by atoms with Crippen molar-refractivity contribution in [3.05, 3.63) is 53.8 Å². The molecule has 3 heterocycles. The van der Waals surface area contributed by atoms with Crippen LogP contribution in [0.1, 0.15) is 24.8 Å². The van der Waals surface area contributed by atoms with Gasteiger partial charge in [-0.3, -0.25) is 14.5 Å². The summed E-state index contributed by atoms with van der Waals surface area (Å²) < 4.78 is 5.28. The van der Waals surface area contributed by atoms with Gasteiger partial charge in [0.05, 0.1) is 7.11 Å². The number of hydrogen-bond acceptors (Lipinski definition) is 4. The van der Waals surface area contributed by atoms with E-state index < -0.39 is 5.92 Å². The lowest BCUT2D eigenvalue weighted by Gasteiger charge is -2.38. The van der Waals surface area contributed by atoms with Crippen LogP contribution < -0.4 is 4.74 Å². The first-order valence-electron chi connectivity index (χ1n) is 8.11. The van der Waals surface area contributed by atoms with Gasteiger partial charge in [0, 0.05) is 18.5 Å². The highest BCUT2D eigenvalue weighted by Gasteiger charge is 2.45. The van der Waals surface area contributed by atoms with Crippen LogP contribution in [0.4, 0.5) is 0 Å². The molecule has 25 heavy (non-hydrogen) atoms. The number of hydrogen-bond donors (Lipinski definition) is 0. The Kier molecular flexibility index (Phi) is 3.60. The van der Waals surface area contributed by atoms with Gasteiger partial charge in [0.1, 0.15) is 23.3 Å². The molecule has 2 unspecified atom stereocenters. The van der Waals surface area contributed by atoms with Crippen LogP contribution in [0.25, 0.3) is 0 Å². The van der Waals surface area contributed by atoms with E-state index in [1.165, 1.54) is 0 Å². The molecule has 1 aromatic rings. The molecule has 6 nitrogen and oxygen atoms in total. The van der Waals surface area contributed by atoms with Crippen molar-refractivity contribution in [1.29, 1.82) is 0 Å². The third-order valence-electron chi connectivity index (χ3n) is 4.73. The Morgan fingerprint density at radius 1 is 1.24 bits per heavy atom. The number of carbonyl (C=O) groups excluding carboxylic acids is 2. The Balaban J connectivity index is 1.82. The zero-order valence-electron chi connectivity index (χ0n) is 14.0. The topological polar surface area (TPSA) is 71.3 Å². The summed E-state index contributed by atoms with van der Waals surface area (Å²) in [6, 6.07) is 7.47. The second-order valence-electron chi connectivity index (χ2n) is 6.26. The summed E-state index contributed by atoms with van der Waals surface area (Å²) in [6.07, 6.45) is 5.73. The van der Waals surface area contributed by atoms with Gasteiger partial charge in [-0.05, 0) is 36.3 Å². The second-order valence-corrected chi connectivity index (χ2v) is 6.26. The Hall–Kier alpha value is -3.02. The fraction of sp³-hybridized carbons (Fsp3) is 0.263. The van der Waals surface area contributed by atoms with Crippen LogP contribution in [-0.4, -0.2) is 35.5 Å². The Morgan fingerprint density at radius 2 is 2.08 bits per heavy atom. The summed E-state index contributed by atoms with van der Waals surface area (Å²) in [5, 5.41) is 0. The monoisotopic (exact) mass is 335 g/mol. The highest BCUT2D eigenvalue weighted by Crippen LogP contribution is 2.38. The SMILES string of the molecule is COc1cccc(C2CC(=O)N=C3C2C(=O)N=C2C(C)=CC=CN23)c1. The van der Waals surface area contributed by atoms with E-state index in [1.54, 1.807) is 18.2 Å². The first kappa shape index (κ1) is 15.5. The van der Waals surface area contributed by atoms with Crippen LogP contribution in [0, 0.1) is 5.92 Å². The average Bonchev–Trinajstić information content (AvgIpc) is 2.62. The third-order valence-corrected chi connectivity index (χ3v) is 4.73. The normalized spacial score (nSPS) is 24.9. The van der Waals surface area contributed by atoms with Crippen LogP contribution in [0.3, 0.4) is 0 Å². The first-order chi connectivity index (χ1) is 12.1. The molecular weight excluding hydrogens is 318 g/mol. The van der Waals surface area contributed by atoms with Gasteiger partial charge in [0.2, 0.25) is 5.91 Å². The van der Waals surface area contributed by atoms with Crippen molar-refractivity contribution >= 4 is 23.5 Å². The number of fused-ring (bicyclic) bond motifs is 3. The number of nitrogens with zero attached hydrogens (tertiary/aromatic N) is 3. The molecule has 2 amide bonds. The van der Waals surface area contributed by atoms with E-state index in [0.29, 0.717) is 17.4 Å². The number of methoxy groups -OCH3 is 1. The second kappa shape index (κ2) is 5.81. The fourth-order valence-electron chi connectivity index (χ4n) is 3.51. The van der Waals surface area contributed by atoms with Crippen molar-refractivity contribution in [3.8, 4) is 5.75 Å². The molecule has 0 saturated carbocycles. The average molecular weight is 335 g/mol. The minimum Gasteiger partial charge on any atom is -0.497 e. The molecule has 4 rings (SSSR count). The molecule has 0 aliphatic carbocycles. The van der Waals surface area contributed by atoms with Gasteiger partial charge in [-0.2, -0.15) is 9.98 Å². The van der Waals surface area contributed by atoms with Crippen LogP contribution in [0.15, 0.2) is 58.2 Å². The van der Waals surface area contributed by atoms with Gasteiger partial charge in [0.25, 0.3) is 5.91 Å². The molecule has 3 aliphatic heterocycles. The zero-order valence-corrected chi connectivity index (χ0v) is 14.0. The van der Waals surface area contributed by atoms with Gasteiger partial charge in [0.15, 0.2) is 0 Å². The summed E-state index contributed by atoms with van der Waals surface area (Å²) in [6.45, 7) is 1.88. The maximum absolute atomic E-state index is 12.8. The standard InChI is InChI=1S/C19H17N3O3/c1-11-5-4-8-22-17(11)21-19(24)16-14(10-15(23)20-18(16)22)12-6-3-7-13(9-12)25-2/h3-9,14,16H,10H2,1-2H3. The summed E-state index contributed by atoms with van der Waals surface area (Å²) in [7, 11) is 1.59. The highest BCUT2D eigenvalue weighted by molar-refractivity contribution is 6.25. The van der Waals surface area contributed by atoms with E-state index in [9.17, 15) is 9.59 Å². The zero-order chi connectivity index (χ0) is 17.6. The minimum atomic E-state index is -0.566. The molecule has 0 bridgehead atoms. The molecule has 0 aromatic heterocycles. The Labute approximate surface area is 145 Å². The van der Waals surface area contributed by atoms with Gasteiger partial charge in [-0.25, -0.2) is 0 Å². The largest absolute Gasteiger partial charge is 0.497 e. The highest BCUT2D eigenvalue weighted by atomic mass is 16.5. The summed E-state index contributed by atoms with van der Waals surface area (Å²) >= 11 is 0. The minimum absolute atomic E-state index is 0.185. The predicted octanol–water partition coefficient (Wildman–Crippen LogP) is 2.44. The first-order valence-corrected chi connectivity index (χ1v) is 8.11. The van der Waals surface area contributed by atoms with E-state index in [4.69, 9.17) is 4.74 Å². The number of rotatable bonds is 2. The van der Waals surface area contributed by atoms with Gasteiger partial charge in [-0.1, -0.05) is 18.2 Å². The number of carbonyl (C=O) groups is 2. The summed E-state index contributed by atoms with van der Waals surface area (Å²) in [5.74, 6) is 0.348. The predicted molar refractivity (Wildman–Crippen MR) is 93.5 cm³/mol. The quantitative estimate of drug-likeness (QED) is 0.832. The Morgan fingerprint density at radius 3 is 2.88 bits per heavy atom. The number of benzene rings is 1. The van der Waals surface area contributed by atoms with E-state index in [2.05, 4.69) is 9.98 Å². The number of allylic oxidation sites excluding steroid dienone is 2. The maximum atomic E-state index is 12.8. The molecule has 0 radical (unpaired) electrons. The van der Waals surface area contributed by atoms with E-state index in [1.807, 2.05) is 43.3 Å². The van der Waals surface area contributed by atoms with Gasteiger partial charge < -0.3 is 4.74 Å². The molecule has 0 spiro atoms. The summed E-state index contributed by atoms with van der Waals surface area (Å²) in [4.78, 5) is 35.3. The van der Waals surface area contributed by atoms with Crippen LogP contribution in [0.2, 0.25) is 0 Å². The van der Waals surface area contributed by atoms with Crippen molar-refractivity contribution in [1.82, 2.24) is 4.90 Å². The lowest BCUT2D eigenvalue weighted by Crippen LogP contribution is -2.50. The number of aliphatic imine (C=N–C) groups is 2. The molecule has 3 aliphatic rings. The number of amidine groups is 2. The van der Waals surface area contributed by atoms with Gasteiger partial charge in [-0.15, -0.1) is 0 Å². The lowest BCUT2D eigenvalue weighted by molar-refractivity contribution is -0.122. The van der Waals surface area contributed by atoms with Crippen LogP contribution in [-0.2, 0) is 9.59 Å². The third kappa shape index (κ3) is 2.50. The number of ether oxygens (including phenoxy) is 1. The van der Waals surface area contributed by atoms with Crippen molar-refractivity contribution in [2.45, 2.75) is 19.3 Å². The van der Waals surface area contributed by atoms with Crippen LogP contribution in [0.5, 0.6) is 5.75 Å². The number of amides is 2. The van der Waals surface area contributed by atoms with Gasteiger partial charge >= 0.3 is 0 Å². The molecule has 126 valence electrons. The Bertz CT molecular complexity index is 895. The van der Waals surface area contributed by atoms with Crippen molar-refractivity contribution in [2.24, 2.45) is 15.9 Å². The van der Waals surface area contributed by atoms with E-state index in [-0.39, 0.29) is 24.2 Å². The summed E-state index contributed by atoms with van der Waals surface area (Å²) in [5.41, 5.74) is 1.75. The molecular formula is C19H17N3O3. The molecule has 0 N–H and O–H groups in total. The fourth-order valence-corrected chi connectivity index (χ4v) is 3.51. The van der Waals surface area contributed by atoms with Crippen molar-refractivity contribution in [3.63, 3.8) is 0 Å². The maximum Gasteiger partial charge on any atom is 0.259 e. The lowest BCUT2D eigenvalue weighted by atomic mass is 9.79. The molecule has 1 aromatic carbocycles. The van der Waals surface area contributed by atoms with Crippen LogP contribution >= 0.6 is 0 Å². The smallest absolute Gasteiger partial charge is 0.259 e. The van der Waals surface area contributed by atoms with Crippen molar-refractivity contribution in [2.75, 3.05) is 7.11 Å². The molecule has 0 saturated heterocycles. The van der Waals surface area contributed by atoms with E-state index >= 15 is 0 Å². The molecule has 0 fully saturated rings. The van der Waals surface area contributed by atoms with Crippen molar-refractivity contribution < 1.29 is 14.3 Å². The molecule has 6 heteroatoms. The van der Waals surface area contributed by atoms with E-state index in [0.717, 1.165) is 11.1 Å². The molecule has 2 atom stereocenters.